The van der Waals surface area contributed by atoms with Gasteiger partial charge in [0.15, 0.2) is 5.96 Å². The Morgan fingerprint density at radius 1 is 0.929 bits per heavy atom. The van der Waals surface area contributed by atoms with Gasteiger partial charge in [-0.25, -0.2) is 0 Å². The van der Waals surface area contributed by atoms with Gasteiger partial charge in [0, 0.05) is 52.1 Å². The van der Waals surface area contributed by atoms with Gasteiger partial charge in [0.2, 0.25) is 11.8 Å². The molecular weight excluding hydrogens is 354 g/mol. The van der Waals surface area contributed by atoms with Crippen LogP contribution in [0.1, 0.15) is 66.2 Å². The minimum Gasteiger partial charge on any atom is -0.370 e. The van der Waals surface area contributed by atoms with Crippen LogP contribution in [0.4, 0.5) is 0 Å². The number of amides is 2. The molecule has 162 valence electrons. The van der Waals surface area contributed by atoms with Crippen LogP contribution in [0.3, 0.4) is 0 Å². The van der Waals surface area contributed by atoms with E-state index in [2.05, 4.69) is 38.0 Å². The van der Waals surface area contributed by atoms with Gasteiger partial charge in [-0.15, -0.1) is 0 Å². The molecule has 1 aliphatic heterocycles. The monoisotopic (exact) mass is 395 g/mol. The highest BCUT2D eigenvalue weighted by molar-refractivity contribution is 5.78. The highest BCUT2D eigenvalue weighted by atomic mass is 16.2. The third kappa shape index (κ3) is 10.5. The summed E-state index contributed by atoms with van der Waals surface area (Å²) in [7, 11) is 0. The fourth-order valence-electron chi connectivity index (χ4n) is 3.15. The van der Waals surface area contributed by atoms with Crippen molar-refractivity contribution in [3.63, 3.8) is 0 Å². The average molecular weight is 396 g/mol. The molecule has 0 bridgehead atoms. The first-order valence-electron chi connectivity index (χ1n) is 10.9. The van der Waals surface area contributed by atoms with Crippen molar-refractivity contribution in [2.75, 3.05) is 39.3 Å². The second-order valence-corrected chi connectivity index (χ2v) is 8.55. The number of hydrogen-bond donors (Lipinski definition) is 2. The first kappa shape index (κ1) is 24.2. The number of nitrogens with zero attached hydrogens (tertiary/aromatic N) is 3. The van der Waals surface area contributed by atoms with Crippen LogP contribution in [0.25, 0.3) is 0 Å². The first-order chi connectivity index (χ1) is 13.3. The summed E-state index contributed by atoms with van der Waals surface area (Å²) < 4.78 is 0. The summed E-state index contributed by atoms with van der Waals surface area (Å²) in [6.45, 7) is 12.7. The lowest BCUT2D eigenvalue weighted by Crippen LogP contribution is -2.50. The average Bonchev–Trinajstić information content (AvgIpc) is 2.63. The number of guanidine groups is 1. The van der Waals surface area contributed by atoms with Gasteiger partial charge < -0.3 is 20.9 Å². The Hall–Kier alpha value is -1.79. The molecule has 0 aromatic heterocycles. The second-order valence-electron chi connectivity index (χ2n) is 8.55. The molecular formula is C21H41N5O2. The van der Waals surface area contributed by atoms with Crippen molar-refractivity contribution in [1.29, 1.82) is 0 Å². The van der Waals surface area contributed by atoms with Crippen LogP contribution in [-0.4, -0.2) is 66.8 Å². The molecule has 1 fully saturated rings. The molecule has 2 amide bonds. The Labute approximate surface area is 171 Å². The lowest BCUT2D eigenvalue weighted by atomic mass is 10.1. The zero-order valence-electron chi connectivity index (χ0n) is 18.4. The zero-order chi connectivity index (χ0) is 20.9. The number of carbonyl (C=O) groups is 2. The number of piperazine rings is 1. The van der Waals surface area contributed by atoms with Crippen molar-refractivity contribution < 1.29 is 9.59 Å². The minimum atomic E-state index is 0.203. The molecule has 0 saturated carbocycles. The van der Waals surface area contributed by atoms with Gasteiger partial charge in [0.25, 0.3) is 0 Å². The largest absolute Gasteiger partial charge is 0.370 e. The van der Waals surface area contributed by atoms with E-state index >= 15 is 0 Å². The van der Waals surface area contributed by atoms with Crippen LogP contribution in [-0.2, 0) is 9.59 Å². The Bertz CT molecular complexity index is 497. The summed E-state index contributed by atoms with van der Waals surface area (Å²) in [6.07, 6.45) is 5.04. The van der Waals surface area contributed by atoms with E-state index in [0.717, 1.165) is 32.2 Å². The molecule has 1 heterocycles. The lowest BCUT2D eigenvalue weighted by molar-refractivity contribution is -0.140. The quantitative estimate of drug-likeness (QED) is 0.319. The SMILES string of the molecule is CC(C)CCNC(N)=NCCCCCC(=O)N1CCN(C(=O)CC(C)C)CC1. The lowest BCUT2D eigenvalue weighted by Gasteiger charge is -2.35. The number of nitrogens with two attached hydrogens (primary N) is 1. The van der Waals surface area contributed by atoms with Crippen molar-refractivity contribution in [2.24, 2.45) is 22.6 Å². The molecule has 1 aliphatic rings. The van der Waals surface area contributed by atoms with Gasteiger partial charge in [-0.05, 0) is 31.1 Å². The van der Waals surface area contributed by atoms with Gasteiger partial charge in [0.05, 0.1) is 0 Å². The highest BCUT2D eigenvalue weighted by Gasteiger charge is 2.23. The number of rotatable bonds is 11. The van der Waals surface area contributed by atoms with Crippen LogP contribution < -0.4 is 11.1 Å². The van der Waals surface area contributed by atoms with E-state index in [9.17, 15) is 9.59 Å². The summed E-state index contributed by atoms with van der Waals surface area (Å²) >= 11 is 0. The minimum absolute atomic E-state index is 0.203. The van der Waals surface area contributed by atoms with Gasteiger partial charge in [-0.2, -0.15) is 0 Å². The molecule has 0 aromatic carbocycles. The second kappa shape index (κ2) is 13.4. The number of hydrogen-bond acceptors (Lipinski definition) is 3. The number of carbonyl (C=O) groups excluding carboxylic acids is 2. The predicted octanol–water partition coefficient (Wildman–Crippen LogP) is 2.21. The third-order valence-electron chi connectivity index (χ3n) is 4.93. The topological polar surface area (TPSA) is 91.0 Å². The summed E-state index contributed by atoms with van der Waals surface area (Å²) in [5, 5.41) is 3.13. The maximum Gasteiger partial charge on any atom is 0.222 e. The van der Waals surface area contributed by atoms with Crippen LogP contribution in [0, 0.1) is 11.8 Å². The smallest absolute Gasteiger partial charge is 0.222 e. The molecule has 0 unspecified atom stereocenters. The van der Waals surface area contributed by atoms with Crippen LogP contribution >= 0.6 is 0 Å². The van der Waals surface area contributed by atoms with Gasteiger partial charge >= 0.3 is 0 Å². The van der Waals surface area contributed by atoms with Crippen molar-refractivity contribution in [2.45, 2.75) is 66.2 Å². The predicted molar refractivity (Wildman–Crippen MR) is 115 cm³/mol. The van der Waals surface area contributed by atoms with E-state index in [1.54, 1.807) is 0 Å². The summed E-state index contributed by atoms with van der Waals surface area (Å²) in [6, 6.07) is 0. The third-order valence-corrected chi connectivity index (χ3v) is 4.93. The first-order valence-corrected chi connectivity index (χ1v) is 10.9. The molecule has 7 nitrogen and oxygen atoms in total. The van der Waals surface area contributed by atoms with E-state index < -0.39 is 0 Å². The Kier molecular flexibility index (Phi) is 11.6. The maximum atomic E-state index is 12.3. The van der Waals surface area contributed by atoms with E-state index in [4.69, 9.17) is 5.73 Å². The summed E-state index contributed by atoms with van der Waals surface area (Å²) in [4.78, 5) is 32.5. The molecule has 0 spiro atoms. The fourth-order valence-corrected chi connectivity index (χ4v) is 3.15. The molecule has 1 rings (SSSR count). The summed E-state index contributed by atoms with van der Waals surface area (Å²) in [5.41, 5.74) is 5.83. The van der Waals surface area contributed by atoms with E-state index in [0.29, 0.717) is 63.4 Å². The van der Waals surface area contributed by atoms with Gasteiger partial charge in [-0.3, -0.25) is 14.6 Å². The van der Waals surface area contributed by atoms with Crippen LogP contribution in [0.15, 0.2) is 4.99 Å². The van der Waals surface area contributed by atoms with E-state index in [1.165, 1.54) is 0 Å². The number of unbranched alkanes of at least 4 members (excludes halogenated alkanes) is 2. The van der Waals surface area contributed by atoms with E-state index in [-0.39, 0.29) is 11.8 Å². The molecule has 28 heavy (non-hydrogen) atoms. The van der Waals surface area contributed by atoms with Crippen molar-refractivity contribution in [1.82, 2.24) is 15.1 Å². The highest BCUT2D eigenvalue weighted by Crippen LogP contribution is 2.10. The Morgan fingerprint density at radius 2 is 1.54 bits per heavy atom. The number of nitrogens with one attached hydrogen (secondary N) is 1. The van der Waals surface area contributed by atoms with Crippen LogP contribution in [0.5, 0.6) is 0 Å². The molecule has 0 aromatic rings. The molecule has 0 atom stereocenters. The maximum absolute atomic E-state index is 12.3. The molecule has 0 aliphatic carbocycles. The summed E-state index contributed by atoms with van der Waals surface area (Å²) in [5.74, 6) is 1.96. The standard InChI is InChI=1S/C21H41N5O2/c1-17(2)9-11-24-21(22)23-10-7-5-6-8-19(27)25-12-14-26(15-13-25)20(28)16-18(3)4/h17-18H,5-16H2,1-4H3,(H3,22,23,24). The molecule has 1 saturated heterocycles. The normalized spacial score (nSPS) is 15.4. The Morgan fingerprint density at radius 3 is 2.11 bits per heavy atom. The van der Waals surface area contributed by atoms with Gasteiger partial charge in [0.1, 0.15) is 0 Å². The fraction of sp³-hybridized carbons (Fsp3) is 0.857. The van der Waals surface area contributed by atoms with Crippen molar-refractivity contribution >= 4 is 17.8 Å². The number of aliphatic imine (C=N–C) groups is 1. The van der Waals surface area contributed by atoms with Crippen molar-refractivity contribution in [3.05, 3.63) is 0 Å². The molecule has 3 N–H and O–H groups in total. The van der Waals surface area contributed by atoms with Crippen LogP contribution in [0.2, 0.25) is 0 Å². The molecule has 7 heteroatoms. The Balaban J connectivity index is 2.10. The van der Waals surface area contributed by atoms with Crippen molar-refractivity contribution in [3.8, 4) is 0 Å². The molecule has 0 radical (unpaired) electrons. The van der Waals surface area contributed by atoms with Gasteiger partial charge in [-0.1, -0.05) is 34.1 Å². The van der Waals surface area contributed by atoms with E-state index in [1.807, 2.05) is 9.80 Å². The zero-order valence-corrected chi connectivity index (χ0v) is 18.4.